The van der Waals surface area contributed by atoms with Gasteiger partial charge in [0.15, 0.2) is 0 Å². The van der Waals surface area contributed by atoms with Crippen molar-refractivity contribution in [1.82, 2.24) is 0 Å². The van der Waals surface area contributed by atoms with E-state index >= 15 is 0 Å². The average Bonchev–Trinajstić information content (AvgIpc) is 2.35. The van der Waals surface area contributed by atoms with Crippen LogP contribution in [0.4, 0.5) is 0 Å². The van der Waals surface area contributed by atoms with Gasteiger partial charge in [-0.2, -0.15) is 0 Å². The molecule has 0 fully saturated rings. The Bertz CT molecular complexity index is 109. The number of hydrogen-bond acceptors (Lipinski definition) is 0. The van der Waals surface area contributed by atoms with E-state index in [4.69, 9.17) is 0 Å². The normalized spacial score (nSPS) is 10.9. The van der Waals surface area contributed by atoms with E-state index in [1.165, 1.54) is 64.2 Å². The summed E-state index contributed by atoms with van der Waals surface area (Å²) in [5.41, 5.74) is 0. The van der Waals surface area contributed by atoms with Gasteiger partial charge in [-0.25, -0.2) is 0 Å². The Labute approximate surface area is 122 Å². The molecule has 0 aromatic heterocycles. The zero-order valence-electron chi connectivity index (χ0n) is 12.4. The summed E-state index contributed by atoms with van der Waals surface area (Å²) in [6.45, 7) is 4.60. The molecule has 0 N–H and O–H groups in total. The van der Waals surface area contributed by atoms with Gasteiger partial charge in [-0.15, -0.1) is 0 Å². The van der Waals surface area contributed by atoms with E-state index in [9.17, 15) is 0 Å². The SMILES string of the molecule is CCCCCCC[CH2][BiH][CH2]CCCCCCC. The van der Waals surface area contributed by atoms with Crippen molar-refractivity contribution in [3.63, 3.8) is 0 Å². The van der Waals surface area contributed by atoms with Crippen molar-refractivity contribution < 1.29 is 0 Å². The molecule has 17 heavy (non-hydrogen) atoms. The second-order valence-electron chi connectivity index (χ2n) is 5.29. The Balaban J connectivity index is 2.85. The molecule has 0 nitrogen and oxygen atoms in total. The molecule has 0 spiro atoms. The van der Waals surface area contributed by atoms with Crippen molar-refractivity contribution in [2.75, 3.05) is 0 Å². The van der Waals surface area contributed by atoms with Crippen LogP contribution < -0.4 is 0 Å². The van der Waals surface area contributed by atoms with E-state index in [-0.39, 0.29) is 23.2 Å². The summed E-state index contributed by atoms with van der Waals surface area (Å²) in [6.07, 6.45) is 17.9. The summed E-state index contributed by atoms with van der Waals surface area (Å²) in [4.78, 5) is 0. The van der Waals surface area contributed by atoms with Crippen molar-refractivity contribution in [1.29, 1.82) is 0 Å². The summed E-state index contributed by atoms with van der Waals surface area (Å²) >= 11 is -0.130. The van der Waals surface area contributed by atoms with E-state index in [1.54, 1.807) is 21.1 Å². The molecule has 0 aliphatic rings. The van der Waals surface area contributed by atoms with Crippen LogP contribution in [0.5, 0.6) is 0 Å². The fraction of sp³-hybridized carbons (Fsp3) is 1.00. The maximum atomic E-state index is 2.30. The van der Waals surface area contributed by atoms with Crippen LogP contribution in [0.3, 0.4) is 0 Å². The number of unbranched alkanes of at least 4 members (excludes halogenated alkanes) is 10. The second-order valence-corrected chi connectivity index (χ2v) is 11.1. The molecular formula is C16H35Bi. The van der Waals surface area contributed by atoms with E-state index in [0.717, 1.165) is 0 Å². The molecule has 0 aliphatic heterocycles. The summed E-state index contributed by atoms with van der Waals surface area (Å²) in [6, 6.07) is 0. The first-order valence-electron chi connectivity index (χ1n) is 8.12. The van der Waals surface area contributed by atoms with E-state index in [2.05, 4.69) is 13.8 Å². The third kappa shape index (κ3) is 16.9. The summed E-state index contributed by atoms with van der Waals surface area (Å²) in [5, 5.41) is 0. The maximum absolute atomic E-state index is 2.30. The first-order valence-corrected chi connectivity index (χ1v) is 13.6. The van der Waals surface area contributed by atoms with Gasteiger partial charge < -0.3 is 0 Å². The van der Waals surface area contributed by atoms with Gasteiger partial charge in [0.1, 0.15) is 0 Å². The zero-order valence-corrected chi connectivity index (χ0v) is 16.3. The number of hydrogen-bond donors (Lipinski definition) is 0. The fourth-order valence-electron chi connectivity index (χ4n) is 2.19. The quantitative estimate of drug-likeness (QED) is 0.232. The molecule has 104 valence electrons. The van der Waals surface area contributed by atoms with Gasteiger partial charge in [0, 0.05) is 0 Å². The van der Waals surface area contributed by atoms with Crippen LogP contribution in [0.1, 0.15) is 90.9 Å². The molecular weight excluding hydrogens is 401 g/mol. The summed E-state index contributed by atoms with van der Waals surface area (Å²) in [5.74, 6) is 0. The Morgan fingerprint density at radius 3 is 1.24 bits per heavy atom. The van der Waals surface area contributed by atoms with Crippen LogP contribution in [0.15, 0.2) is 0 Å². The van der Waals surface area contributed by atoms with Gasteiger partial charge in [0.25, 0.3) is 0 Å². The molecule has 0 radical (unpaired) electrons. The molecule has 0 amide bonds. The van der Waals surface area contributed by atoms with Crippen LogP contribution in [-0.4, -0.2) is 23.2 Å². The van der Waals surface area contributed by atoms with Crippen LogP contribution in [0.25, 0.3) is 0 Å². The van der Waals surface area contributed by atoms with Crippen LogP contribution in [0.2, 0.25) is 8.26 Å². The second kappa shape index (κ2) is 16.9. The number of rotatable bonds is 14. The molecule has 1 heteroatoms. The molecule has 0 rings (SSSR count). The van der Waals surface area contributed by atoms with Crippen molar-refractivity contribution in [2.45, 2.75) is 99.2 Å². The Morgan fingerprint density at radius 2 is 0.824 bits per heavy atom. The Kier molecular flexibility index (Phi) is 17.8. The monoisotopic (exact) mass is 436 g/mol. The molecule has 0 heterocycles. The van der Waals surface area contributed by atoms with Gasteiger partial charge in [0.2, 0.25) is 0 Å². The average molecular weight is 436 g/mol. The minimum atomic E-state index is -0.130. The first kappa shape index (κ1) is 17.9. The van der Waals surface area contributed by atoms with E-state index in [0.29, 0.717) is 0 Å². The Morgan fingerprint density at radius 1 is 0.471 bits per heavy atom. The fourth-order valence-corrected chi connectivity index (χ4v) is 7.05. The van der Waals surface area contributed by atoms with Gasteiger partial charge in [-0.05, 0) is 0 Å². The molecule has 0 saturated heterocycles. The van der Waals surface area contributed by atoms with E-state index < -0.39 is 0 Å². The molecule has 0 aliphatic carbocycles. The van der Waals surface area contributed by atoms with Gasteiger partial charge in [-0.1, -0.05) is 0 Å². The molecule has 0 aromatic rings. The first-order chi connectivity index (χ1) is 8.41. The Hall–Kier alpha value is 0.883. The van der Waals surface area contributed by atoms with Crippen LogP contribution in [-0.2, 0) is 0 Å². The predicted octanol–water partition coefficient (Wildman–Crippen LogP) is 5.98. The molecule has 0 unspecified atom stereocenters. The molecule has 0 aromatic carbocycles. The van der Waals surface area contributed by atoms with Crippen molar-refractivity contribution in [3.05, 3.63) is 0 Å². The van der Waals surface area contributed by atoms with Crippen LogP contribution in [0, 0.1) is 0 Å². The summed E-state index contributed by atoms with van der Waals surface area (Å²) in [7, 11) is 0. The van der Waals surface area contributed by atoms with E-state index in [1.807, 2.05) is 0 Å². The summed E-state index contributed by atoms with van der Waals surface area (Å²) < 4.78 is 3.36. The molecule has 0 atom stereocenters. The van der Waals surface area contributed by atoms with Gasteiger partial charge in [0.05, 0.1) is 0 Å². The van der Waals surface area contributed by atoms with Crippen molar-refractivity contribution in [3.8, 4) is 0 Å². The topological polar surface area (TPSA) is 0 Å². The third-order valence-corrected chi connectivity index (χ3v) is 8.91. The van der Waals surface area contributed by atoms with Gasteiger partial charge >= 0.3 is 122 Å². The zero-order chi connectivity index (χ0) is 12.6. The van der Waals surface area contributed by atoms with Crippen LogP contribution >= 0.6 is 0 Å². The molecule has 0 saturated carbocycles. The van der Waals surface area contributed by atoms with Gasteiger partial charge in [-0.3, -0.25) is 0 Å². The third-order valence-electron chi connectivity index (χ3n) is 3.41. The predicted molar refractivity (Wildman–Crippen MR) is 83.5 cm³/mol. The molecule has 0 bridgehead atoms. The van der Waals surface area contributed by atoms with Crippen molar-refractivity contribution in [2.24, 2.45) is 0 Å². The standard InChI is InChI=1S/2C8H17.Bi.H/c2*1-3-5-7-8-6-4-2;;/h2*1,3-8H2,2H3;;. The minimum absolute atomic E-state index is 0.130. The van der Waals surface area contributed by atoms with Crippen molar-refractivity contribution >= 4 is 23.2 Å².